The Kier molecular flexibility index (Phi) is 22.6. The quantitative estimate of drug-likeness (QED) is 0.167. The second-order valence-electron chi connectivity index (χ2n) is 40.6. The van der Waals surface area contributed by atoms with Gasteiger partial charge in [0.1, 0.15) is 0 Å². The number of aromatic nitrogens is 2. The van der Waals surface area contributed by atoms with Crippen LogP contribution in [0.2, 0.25) is 0 Å². The smallest absolute Gasteiger partial charge is 0.0725 e. The van der Waals surface area contributed by atoms with Crippen LogP contribution in [0, 0.1) is 48.5 Å². The Morgan fingerprint density at radius 1 is 0.163 bits per heavy atom. The zero-order valence-corrected chi connectivity index (χ0v) is 84.0. The highest BCUT2D eigenvalue weighted by atomic mass is 32.1. The maximum absolute atomic E-state index is 2.48. The maximum atomic E-state index is 2.48. The van der Waals surface area contributed by atoms with Crippen LogP contribution in [0.1, 0.15) is 136 Å². The van der Waals surface area contributed by atoms with Crippen molar-refractivity contribution in [2.75, 3.05) is 0 Å². The summed E-state index contributed by atoms with van der Waals surface area (Å²) in [5.74, 6) is 0. The minimum Gasteiger partial charge on any atom is -0.309 e. The molecule has 4 aromatic heterocycles. The summed E-state index contributed by atoms with van der Waals surface area (Å²) >= 11 is 3.75. The van der Waals surface area contributed by atoms with Crippen molar-refractivity contribution in [1.29, 1.82) is 0 Å². The zero-order valence-electron chi connectivity index (χ0n) is 82.4. The summed E-state index contributed by atoms with van der Waals surface area (Å²) in [5, 5.41) is 10.8. The largest absolute Gasteiger partial charge is 0.309 e. The van der Waals surface area contributed by atoms with Gasteiger partial charge in [0.05, 0.1) is 27.5 Å². The molecule has 24 aromatic rings. The maximum Gasteiger partial charge on any atom is 0.0725 e. The van der Waals surface area contributed by atoms with Gasteiger partial charge in [0, 0.05) is 89.5 Å². The Morgan fingerprint density at radius 3 is 1.01 bits per heavy atom. The first kappa shape index (κ1) is 89.4. The van der Waals surface area contributed by atoms with E-state index in [1.165, 1.54) is 257 Å². The van der Waals surface area contributed by atoms with Gasteiger partial charge in [0.15, 0.2) is 0 Å². The standard InChI is InChI=1S/C26H18.C25H24.C22H20.2C19H15N.2C13H10S/c1-17-14-15-21-20-10-4-7-13-24(20)26(25(21)16-17)22-11-5-2-8-18(22)19-9-3-6-12-23(19)26;1-15-10-11-17-19-14-22-18(13-23(19)25(4,5)21(17)12-15)16-8-6-7-9-20(16)24(22,2)3;1-15-9-11-18-19-14-17(16-7-5-4-6-8-16)10-12-20(19)22(2,3)21(18)13-15;1-14-11-12-19-17(13-14)16-9-5-6-10-18(16)20(19)15-7-3-2-4-8-15;1-14-11-12-17-16-9-5-6-10-18(16)20(19(17)13-14)15-7-3-2-4-8-15;1-9-6-7-13-11(8-9)10-4-2-3-5-12(10)14-13;1-9-6-7-11-10-4-2-3-5-12(10)14-13(11)8-9/h2-16H,1H3;6-14H,1-5H3;4-14H,1-3H3;2*2-13H,1H3;2*2-8H,1H3. The number of nitrogens with zero attached hydrogens (tertiary/aromatic N) is 2. The lowest BCUT2D eigenvalue weighted by molar-refractivity contribution is 0.651. The fourth-order valence-corrected chi connectivity index (χ4v) is 25.8. The number of hydrogen-bond acceptors (Lipinski definition) is 2. The number of fused-ring (bicyclic) bond motifs is 31. The Labute approximate surface area is 836 Å². The van der Waals surface area contributed by atoms with Gasteiger partial charge in [-0.1, -0.05) is 409 Å². The molecule has 0 amide bonds. The van der Waals surface area contributed by atoms with E-state index in [4.69, 9.17) is 0 Å². The number of thiophene rings is 2. The SMILES string of the molecule is Cc1ccc2c(c1)C(C)(C)c1cc3c(cc1-2)C(C)(C)c1ccccc1-3.Cc1ccc2c(c1)C(C)(C)c1ccc(-c3ccccc3)cc1-2.Cc1ccc2c(c1)C1(c3ccccc3-c3ccccc31)c1ccccc1-2.Cc1ccc2c(c1)c1ccccc1n2-c1ccccc1.Cc1ccc2c(c1)sc1ccccc12.Cc1ccc2c3ccccc3n(-c3ccccc3)c2c1.Cc1ccc2sc3ccccc3c2c1. The number of rotatable bonds is 3. The van der Waals surface area contributed by atoms with Crippen LogP contribution in [0.25, 0.3) is 162 Å². The molecule has 5 aliphatic carbocycles. The first-order valence-electron chi connectivity index (χ1n) is 49.6. The minimum atomic E-state index is -0.189. The van der Waals surface area contributed by atoms with Crippen molar-refractivity contribution in [1.82, 2.24) is 9.13 Å². The van der Waals surface area contributed by atoms with Gasteiger partial charge in [0.25, 0.3) is 0 Å². The van der Waals surface area contributed by atoms with Gasteiger partial charge in [-0.2, -0.15) is 0 Å². The van der Waals surface area contributed by atoms with Crippen molar-refractivity contribution in [2.45, 2.75) is 112 Å². The molecule has 4 heteroatoms. The van der Waals surface area contributed by atoms with Crippen molar-refractivity contribution >= 4 is 107 Å². The zero-order chi connectivity index (χ0) is 96.3. The average Bonchev–Trinajstić information content (AvgIpc) is 1.50. The van der Waals surface area contributed by atoms with Crippen LogP contribution in [0.3, 0.4) is 0 Å². The minimum absolute atomic E-state index is 0.0629. The molecule has 4 heterocycles. The third kappa shape index (κ3) is 15.4. The second kappa shape index (κ2) is 35.7. The molecular weight excluding hydrogens is 1740 g/mol. The molecule has 1 spiro atoms. The van der Waals surface area contributed by atoms with Crippen LogP contribution in [0.4, 0.5) is 0 Å². The molecule has 0 atom stereocenters. The average molecular weight is 1850 g/mol. The van der Waals surface area contributed by atoms with E-state index >= 15 is 0 Å². The number of benzene rings is 20. The molecule has 141 heavy (non-hydrogen) atoms. The Balaban J connectivity index is 0.0000000925. The topological polar surface area (TPSA) is 9.86 Å². The first-order chi connectivity index (χ1) is 68.6. The predicted octanol–water partition coefficient (Wildman–Crippen LogP) is 37.8. The van der Waals surface area contributed by atoms with E-state index in [1.54, 1.807) is 0 Å². The highest BCUT2D eigenvalue weighted by molar-refractivity contribution is 7.26. The molecule has 20 aromatic carbocycles. The summed E-state index contributed by atoms with van der Waals surface area (Å²) in [6.07, 6.45) is 0. The predicted molar refractivity (Wildman–Crippen MR) is 607 cm³/mol. The van der Waals surface area contributed by atoms with E-state index in [0.29, 0.717) is 0 Å². The van der Waals surface area contributed by atoms with Crippen LogP contribution in [-0.4, -0.2) is 9.13 Å². The highest BCUT2D eigenvalue weighted by Gasteiger charge is 2.52. The van der Waals surface area contributed by atoms with E-state index < -0.39 is 0 Å². The molecule has 2 nitrogen and oxygen atoms in total. The molecule has 0 radical (unpaired) electrons. The number of hydrogen-bond donors (Lipinski definition) is 0. The number of para-hydroxylation sites is 4. The third-order valence-corrected chi connectivity index (χ3v) is 32.7. The molecular formula is C137H112N2S2. The van der Waals surface area contributed by atoms with Crippen molar-refractivity contribution < 1.29 is 0 Å². The van der Waals surface area contributed by atoms with Crippen LogP contribution in [-0.2, 0) is 21.7 Å². The molecule has 0 saturated heterocycles. The summed E-state index contributed by atoms with van der Waals surface area (Å²) in [6.45, 7) is 29.3. The summed E-state index contributed by atoms with van der Waals surface area (Å²) in [7, 11) is 0. The Bertz CT molecular complexity index is 8960. The van der Waals surface area contributed by atoms with E-state index in [9.17, 15) is 0 Å². The van der Waals surface area contributed by atoms with Gasteiger partial charge in [-0.3, -0.25) is 0 Å². The summed E-state index contributed by atoms with van der Waals surface area (Å²) in [6, 6.07) is 161. The van der Waals surface area contributed by atoms with Gasteiger partial charge in [-0.05, 0) is 285 Å². The molecule has 29 rings (SSSR count). The summed E-state index contributed by atoms with van der Waals surface area (Å²) in [5.41, 5.74) is 47.7. The van der Waals surface area contributed by atoms with Gasteiger partial charge in [0.2, 0.25) is 0 Å². The van der Waals surface area contributed by atoms with Crippen molar-refractivity contribution in [3.05, 3.63) is 537 Å². The third-order valence-electron chi connectivity index (χ3n) is 30.4. The van der Waals surface area contributed by atoms with Crippen molar-refractivity contribution in [2.24, 2.45) is 0 Å². The lowest BCUT2D eigenvalue weighted by atomic mass is 9.70. The van der Waals surface area contributed by atoms with Crippen LogP contribution in [0.5, 0.6) is 0 Å². The Hall–Kier alpha value is -15.6. The Morgan fingerprint density at radius 2 is 0.475 bits per heavy atom. The normalized spacial score (nSPS) is 13.5. The molecule has 682 valence electrons. The monoisotopic (exact) mass is 1850 g/mol. The van der Waals surface area contributed by atoms with Crippen LogP contribution >= 0.6 is 22.7 Å². The van der Waals surface area contributed by atoms with Crippen molar-refractivity contribution in [3.8, 4) is 78.1 Å². The van der Waals surface area contributed by atoms with Gasteiger partial charge in [-0.25, -0.2) is 0 Å². The summed E-state index contributed by atoms with van der Waals surface area (Å²) < 4.78 is 10.2. The van der Waals surface area contributed by atoms with Gasteiger partial charge >= 0.3 is 0 Å². The van der Waals surface area contributed by atoms with E-state index in [-0.39, 0.29) is 21.7 Å². The molecule has 0 unspecified atom stereocenters. The van der Waals surface area contributed by atoms with Gasteiger partial charge in [-0.15, -0.1) is 22.7 Å². The van der Waals surface area contributed by atoms with Crippen LogP contribution in [0.15, 0.2) is 443 Å². The molecule has 0 bridgehead atoms. The fraction of sp³-hybridized carbons (Fsp3) is 0.124. The summed E-state index contributed by atoms with van der Waals surface area (Å²) in [4.78, 5) is 0. The second-order valence-corrected chi connectivity index (χ2v) is 42.8. The van der Waals surface area contributed by atoms with Gasteiger partial charge < -0.3 is 9.13 Å². The number of aryl methyl sites for hydroxylation is 7. The molecule has 0 aliphatic heterocycles. The molecule has 0 saturated carbocycles. The first-order valence-corrected chi connectivity index (χ1v) is 51.2. The molecule has 5 aliphatic rings. The fourth-order valence-electron chi connectivity index (χ4n) is 23.5. The van der Waals surface area contributed by atoms with Crippen molar-refractivity contribution in [3.63, 3.8) is 0 Å². The molecule has 0 N–H and O–H groups in total. The van der Waals surface area contributed by atoms with Crippen LogP contribution < -0.4 is 0 Å². The molecule has 0 fully saturated rings. The lowest BCUT2D eigenvalue weighted by Crippen LogP contribution is -2.25. The van der Waals surface area contributed by atoms with E-state index in [2.05, 4.69) is 542 Å². The van der Waals surface area contributed by atoms with E-state index in [0.717, 1.165) is 0 Å². The lowest BCUT2D eigenvalue weighted by Gasteiger charge is -2.30. The van der Waals surface area contributed by atoms with E-state index in [1.807, 2.05) is 22.7 Å². The highest BCUT2D eigenvalue weighted by Crippen LogP contribution is 2.64.